The van der Waals surface area contributed by atoms with E-state index in [-0.39, 0.29) is 5.92 Å². The molecule has 20 heavy (non-hydrogen) atoms. The molecule has 106 valence electrons. The van der Waals surface area contributed by atoms with Crippen LogP contribution < -0.4 is 10.1 Å². The summed E-state index contributed by atoms with van der Waals surface area (Å²) in [5, 5.41) is 4.01. The largest absolute Gasteiger partial charge is 0.439 e. The number of anilines is 1. The zero-order valence-electron chi connectivity index (χ0n) is 11.4. The Labute approximate surface area is 128 Å². The van der Waals surface area contributed by atoms with Crippen LogP contribution in [0.4, 0.5) is 5.82 Å². The molecule has 1 heterocycles. The molecule has 0 aliphatic heterocycles. The van der Waals surface area contributed by atoms with Gasteiger partial charge in [-0.3, -0.25) is 0 Å². The maximum Gasteiger partial charge on any atom is 0.224 e. The topological polar surface area (TPSA) is 47.0 Å². The first-order valence-electron chi connectivity index (χ1n) is 6.18. The second kappa shape index (κ2) is 6.29. The van der Waals surface area contributed by atoms with Gasteiger partial charge in [0.2, 0.25) is 5.88 Å². The van der Waals surface area contributed by atoms with E-state index in [1.165, 1.54) is 0 Å². The van der Waals surface area contributed by atoms with Gasteiger partial charge in [0.15, 0.2) is 0 Å². The fourth-order valence-corrected chi connectivity index (χ4v) is 2.10. The minimum atomic E-state index is 0.202. The van der Waals surface area contributed by atoms with Crippen molar-refractivity contribution in [3.8, 4) is 11.6 Å². The molecule has 0 aliphatic carbocycles. The molecule has 0 unspecified atom stereocenters. The van der Waals surface area contributed by atoms with Gasteiger partial charge in [0.25, 0.3) is 0 Å². The molecule has 0 saturated heterocycles. The predicted molar refractivity (Wildman–Crippen MR) is 82.2 cm³/mol. The average molecular weight is 312 g/mol. The van der Waals surface area contributed by atoms with Gasteiger partial charge in [-0.15, -0.1) is 0 Å². The highest BCUT2D eigenvalue weighted by atomic mass is 35.5. The van der Waals surface area contributed by atoms with E-state index in [1.54, 1.807) is 31.3 Å². The van der Waals surface area contributed by atoms with Crippen molar-refractivity contribution in [2.24, 2.45) is 0 Å². The number of nitrogens with zero attached hydrogens (tertiary/aromatic N) is 2. The molecule has 0 radical (unpaired) electrons. The zero-order chi connectivity index (χ0) is 14.7. The summed E-state index contributed by atoms with van der Waals surface area (Å²) in [6.07, 6.45) is 0. The molecule has 1 N–H and O–H groups in total. The molecule has 1 aromatic heterocycles. The maximum absolute atomic E-state index is 5.95. The molecule has 4 nitrogen and oxygen atoms in total. The van der Waals surface area contributed by atoms with E-state index in [2.05, 4.69) is 15.3 Å². The summed E-state index contributed by atoms with van der Waals surface area (Å²) < 4.78 is 5.71. The van der Waals surface area contributed by atoms with Crippen molar-refractivity contribution in [2.75, 3.05) is 12.4 Å². The second-order valence-electron chi connectivity index (χ2n) is 4.56. The Morgan fingerprint density at radius 2 is 1.70 bits per heavy atom. The third-order valence-corrected chi connectivity index (χ3v) is 2.99. The third-order valence-electron chi connectivity index (χ3n) is 2.55. The quantitative estimate of drug-likeness (QED) is 0.885. The van der Waals surface area contributed by atoms with Gasteiger partial charge in [0.05, 0.1) is 0 Å². The van der Waals surface area contributed by atoms with E-state index in [0.29, 0.717) is 33.3 Å². The number of hydrogen-bond acceptors (Lipinski definition) is 4. The van der Waals surface area contributed by atoms with E-state index < -0.39 is 0 Å². The highest BCUT2D eigenvalue weighted by Gasteiger charge is 2.09. The van der Waals surface area contributed by atoms with Crippen LogP contribution in [0, 0.1) is 0 Å². The molecule has 0 bridgehead atoms. The Bertz CT molecular complexity index is 597. The van der Waals surface area contributed by atoms with E-state index in [4.69, 9.17) is 27.9 Å². The van der Waals surface area contributed by atoms with Crippen LogP contribution in [-0.4, -0.2) is 17.0 Å². The summed E-state index contributed by atoms with van der Waals surface area (Å²) in [5.41, 5.74) is 0. The van der Waals surface area contributed by atoms with Crippen LogP contribution in [0.25, 0.3) is 0 Å². The second-order valence-corrected chi connectivity index (χ2v) is 5.43. The van der Waals surface area contributed by atoms with Gasteiger partial charge < -0.3 is 10.1 Å². The van der Waals surface area contributed by atoms with Crippen LogP contribution >= 0.6 is 23.2 Å². The van der Waals surface area contributed by atoms with Crippen LogP contribution in [0.1, 0.15) is 25.6 Å². The standard InChI is InChI=1S/C14H15Cl2N3O/c1-8(2)14-18-12(17-3)7-13(19-14)20-11-5-9(15)4-10(16)6-11/h4-8H,1-3H3,(H,17,18,19). The Morgan fingerprint density at radius 3 is 2.25 bits per heavy atom. The monoisotopic (exact) mass is 311 g/mol. The summed E-state index contributed by atoms with van der Waals surface area (Å²) in [7, 11) is 1.80. The number of ether oxygens (including phenoxy) is 1. The summed E-state index contributed by atoms with van der Waals surface area (Å²) in [4.78, 5) is 8.75. The van der Waals surface area contributed by atoms with Crippen LogP contribution in [-0.2, 0) is 0 Å². The molecule has 0 atom stereocenters. The Balaban J connectivity index is 2.34. The Hall–Kier alpha value is -1.52. The predicted octanol–water partition coefficient (Wildman–Crippen LogP) is 4.74. The van der Waals surface area contributed by atoms with Gasteiger partial charge in [-0.1, -0.05) is 37.0 Å². The Morgan fingerprint density at radius 1 is 1.05 bits per heavy atom. The van der Waals surface area contributed by atoms with Crippen molar-refractivity contribution in [1.29, 1.82) is 0 Å². The summed E-state index contributed by atoms with van der Waals surface area (Å²) >= 11 is 11.9. The summed E-state index contributed by atoms with van der Waals surface area (Å²) in [6.45, 7) is 4.05. The lowest BCUT2D eigenvalue weighted by atomic mass is 10.2. The molecular weight excluding hydrogens is 297 g/mol. The average Bonchev–Trinajstić information content (AvgIpc) is 2.36. The lowest BCUT2D eigenvalue weighted by Gasteiger charge is -2.11. The van der Waals surface area contributed by atoms with Crippen LogP contribution in [0.5, 0.6) is 11.6 Å². The molecule has 0 spiro atoms. The smallest absolute Gasteiger partial charge is 0.224 e. The first-order valence-corrected chi connectivity index (χ1v) is 6.94. The van der Waals surface area contributed by atoms with Gasteiger partial charge in [-0.2, -0.15) is 4.98 Å². The highest BCUT2D eigenvalue weighted by Crippen LogP contribution is 2.28. The number of benzene rings is 1. The third kappa shape index (κ3) is 3.74. The highest BCUT2D eigenvalue weighted by molar-refractivity contribution is 6.34. The van der Waals surface area contributed by atoms with Gasteiger partial charge in [-0.05, 0) is 18.2 Å². The summed E-state index contributed by atoms with van der Waals surface area (Å²) in [5.74, 6) is 2.60. The normalized spacial score (nSPS) is 10.7. The van der Waals surface area contributed by atoms with Gasteiger partial charge in [-0.25, -0.2) is 4.98 Å². The molecule has 0 saturated carbocycles. The first kappa shape index (κ1) is 14.9. The zero-order valence-corrected chi connectivity index (χ0v) is 13.0. The minimum Gasteiger partial charge on any atom is -0.439 e. The summed E-state index contributed by atoms with van der Waals surface area (Å²) in [6, 6.07) is 6.74. The molecule has 2 rings (SSSR count). The fraction of sp³-hybridized carbons (Fsp3) is 0.286. The first-order chi connectivity index (χ1) is 9.47. The van der Waals surface area contributed by atoms with Crippen molar-refractivity contribution in [3.05, 3.63) is 40.1 Å². The van der Waals surface area contributed by atoms with Crippen molar-refractivity contribution in [3.63, 3.8) is 0 Å². The molecule has 2 aromatic rings. The van der Waals surface area contributed by atoms with Gasteiger partial charge in [0.1, 0.15) is 17.4 Å². The van der Waals surface area contributed by atoms with Crippen molar-refractivity contribution in [1.82, 2.24) is 9.97 Å². The number of nitrogens with one attached hydrogen (secondary N) is 1. The molecule has 0 amide bonds. The van der Waals surface area contributed by atoms with Gasteiger partial charge in [0, 0.05) is 29.1 Å². The molecule has 1 aromatic carbocycles. The number of hydrogen-bond donors (Lipinski definition) is 1. The number of aromatic nitrogens is 2. The fourth-order valence-electron chi connectivity index (χ4n) is 1.59. The lowest BCUT2D eigenvalue weighted by molar-refractivity contribution is 0.457. The number of rotatable bonds is 4. The minimum absolute atomic E-state index is 0.202. The van der Waals surface area contributed by atoms with Crippen molar-refractivity contribution < 1.29 is 4.74 Å². The van der Waals surface area contributed by atoms with E-state index in [9.17, 15) is 0 Å². The molecule has 0 aliphatic rings. The van der Waals surface area contributed by atoms with Crippen molar-refractivity contribution in [2.45, 2.75) is 19.8 Å². The SMILES string of the molecule is CNc1cc(Oc2cc(Cl)cc(Cl)c2)nc(C(C)C)n1. The molecule has 6 heteroatoms. The molecule has 0 fully saturated rings. The maximum atomic E-state index is 5.95. The molecular formula is C14H15Cl2N3O. The van der Waals surface area contributed by atoms with Crippen LogP contribution in [0.15, 0.2) is 24.3 Å². The van der Waals surface area contributed by atoms with E-state index in [1.807, 2.05) is 13.8 Å². The van der Waals surface area contributed by atoms with E-state index >= 15 is 0 Å². The van der Waals surface area contributed by atoms with Crippen LogP contribution in [0.3, 0.4) is 0 Å². The van der Waals surface area contributed by atoms with E-state index in [0.717, 1.165) is 0 Å². The van der Waals surface area contributed by atoms with Crippen LogP contribution in [0.2, 0.25) is 10.0 Å². The number of halogens is 2. The lowest BCUT2D eigenvalue weighted by Crippen LogP contribution is -2.03. The van der Waals surface area contributed by atoms with Gasteiger partial charge >= 0.3 is 0 Å². The Kier molecular flexibility index (Phi) is 4.68. The van der Waals surface area contributed by atoms with Crippen molar-refractivity contribution >= 4 is 29.0 Å².